The SMILES string of the molecule is COc1ccc(COC(=O)C2C(COC(C)=O)=CS[C@H]3C(NC(=O)COc4ccc([N+](=O)[O-])cc4)C(=O)N23)cc1. The Labute approximate surface area is 232 Å². The second-order valence-corrected chi connectivity index (χ2v) is 9.68. The van der Waals surface area contributed by atoms with Crippen LogP contribution in [-0.2, 0) is 35.3 Å². The number of nitrogens with zero attached hydrogens (tertiary/aromatic N) is 2. The minimum Gasteiger partial charge on any atom is -0.497 e. The molecule has 1 saturated heterocycles. The van der Waals surface area contributed by atoms with Crippen molar-refractivity contribution >= 4 is 41.2 Å². The number of esters is 2. The Kier molecular flexibility index (Phi) is 8.89. The zero-order chi connectivity index (χ0) is 28.8. The number of thioether (sulfide) groups is 1. The van der Waals surface area contributed by atoms with Gasteiger partial charge in [-0.1, -0.05) is 12.1 Å². The summed E-state index contributed by atoms with van der Waals surface area (Å²) < 4.78 is 21.0. The van der Waals surface area contributed by atoms with Crippen molar-refractivity contribution in [2.75, 3.05) is 20.3 Å². The first-order valence-electron chi connectivity index (χ1n) is 11.9. The fourth-order valence-corrected chi connectivity index (χ4v) is 5.19. The Morgan fingerprint density at radius 3 is 2.33 bits per heavy atom. The molecule has 210 valence electrons. The Balaban J connectivity index is 1.39. The molecule has 4 rings (SSSR count). The van der Waals surface area contributed by atoms with Gasteiger partial charge in [-0.05, 0) is 35.2 Å². The van der Waals surface area contributed by atoms with E-state index in [1.807, 2.05) is 0 Å². The number of amides is 2. The largest absolute Gasteiger partial charge is 0.497 e. The van der Waals surface area contributed by atoms with Gasteiger partial charge in [-0.15, -0.1) is 11.8 Å². The van der Waals surface area contributed by atoms with Crippen molar-refractivity contribution in [1.29, 1.82) is 0 Å². The highest BCUT2D eigenvalue weighted by Crippen LogP contribution is 2.40. The Bertz CT molecular complexity index is 1330. The normalized spacial score (nSPS) is 19.4. The molecule has 14 heteroatoms. The first-order chi connectivity index (χ1) is 19.2. The van der Waals surface area contributed by atoms with Gasteiger partial charge in [-0.25, -0.2) is 4.79 Å². The number of nitrogens with one attached hydrogen (secondary N) is 1. The van der Waals surface area contributed by atoms with E-state index in [-0.39, 0.29) is 24.7 Å². The summed E-state index contributed by atoms with van der Waals surface area (Å²) in [7, 11) is 1.54. The fraction of sp³-hybridized carbons (Fsp3) is 0.308. The lowest BCUT2D eigenvalue weighted by molar-refractivity contribution is -0.384. The molecule has 2 aromatic carbocycles. The number of methoxy groups -OCH3 is 1. The predicted octanol–water partition coefficient (Wildman–Crippen LogP) is 1.94. The maximum absolute atomic E-state index is 13.2. The lowest BCUT2D eigenvalue weighted by Crippen LogP contribution is -2.74. The van der Waals surface area contributed by atoms with Gasteiger partial charge in [0.1, 0.15) is 36.1 Å². The number of ether oxygens (including phenoxy) is 4. The van der Waals surface area contributed by atoms with Gasteiger partial charge < -0.3 is 29.2 Å². The summed E-state index contributed by atoms with van der Waals surface area (Å²) in [5.41, 5.74) is 0.954. The topological polar surface area (TPSA) is 164 Å². The van der Waals surface area contributed by atoms with E-state index in [0.29, 0.717) is 16.9 Å². The second-order valence-electron chi connectivity index (χ2n) is 8.69. The van der Waals surface area contributed by atoms with Crippen molar-refractivity contribution < 1.29 is 43.0 Å². The zero-order valence-electron chi connectivity index (χ0n) is 21.4. The third-order valence-electron chi connectivity index (χ3n) is 6.01. The van der Waals surface area contributed by atoms with Crippen LogP contribution in [0.1, 0.15) is 12.5 Å². The van der Waals surface area contributed by atoms with E-state index in [1.54, 1.807) is 29.7 Å². The minimum atomic E-state index is -1.14. The molecule has 0 radical (unpaired) electrons. The summed E-state index contributed by atoms with van der Waals surface area (Å²) in [5.74, 6) is -1.48. The van der Waals surface area contributed by atoms with Crippen LogP contribution in [0.25, 0.3) is 0 Å². The van der Waals surface area contributed by atoms with Crippen molar-refractivity contribution in [3.63, 3.8) is 0 Å². The highest BCUT2D eigenvalue weighted by Gasteiger charge is 2.56. The molecule has 2 aliphatic rings. The number of rotatable bonds is 11. The van der Waals surface area contributed by atoms with Crippen LogP contribution in [0.2, 0.25) is 0 Å². The molecule has 1 N–H and O–H groups in total. The first kappa shape index (κ1) is 28.4. The van der Waals surface area contributed by atoms with Gasteiger partial charge in [0, 0.05) is 24.6 Å². The smallest absolute Gasteiger partial charge is 0.333 e. The lowest BCUT2D eigenvalue weighted by Gasteiger charge is -2.51. The van der Waals surface area contributed by atoms with Crippen molar-refractivity contribution in [2.45, 2.75) is 31.0 Å². The predicted molar refractivity (Wildman–Crippen MR) is 140 cm³/mol. The number of nitro groups is 1. The number of carbonyl (C=O) groups excluding carboxylic acids is 4. The molecule has 2 heterocycles. The zero-order valence-corrected chi connectivity index (χ0v) is 22.3. The standard InChI is InChI=1S/C26H25N3O10S/c1-15(30)37-12-17-14-40-25-22(27-21(31)13-38-20-9-5-18(6-10-20)29(34)35)24(32)28(25)23(17)26(33)39-11-16-3-7-19(36-2)8-4-16/h3-10,14,22-23,25H,11-13H2,1-2H3,(H,27,31)/t22?,23?,25-/m0/s1. The van der Waals surface area contributed by atoms with Crippen LogP contribution in [0.3, 0.4) is 0 Å². The third kappa shape index (κ3) is 6.51. The highest BCUT2D eigenvalue weighted by molar-refractivity contribution is 8.02. The number of β-lactam (4-membered cyclic amide) rings is 1. The van der Waals surface area contributed by atoms with E-state index >= 15 is 0 Å². The number of non-ortho nitro benzene ring substituents is 1. The molecular weight excluding hydrogens is 546 g/mol. The number of carbonyl (C=O) groups is 4. The molecule has 0 aliphatic carbocycles. The lowest BCUT2D eigenvalue weighted by atomic mass is 9.98. The van der Waals surface area contributed by atoms with Crippen LogP contribution in [0.5, 0.6) is 11.5 Å². The summed E-state index contributed by atoms with van der Waals surface area (Å²) in [5, 5.41) is 14.4. The van der Waals surface area contributed by atoms with E-state index in [1.165, 1.54) is 55.0 Å². The summed E-state index contributed by atoms with van der Waals surface area (Å²) in [6.45, 7) is 0.538. The van der Waals surface area contributed by atoms with Crippen molar-refractivity contribution in [2.24, 2.45) is 0 Å². The second kappa shape index (κ2) is 12.5. The number of fused-ring (bicyclic) bond motifs is 1. The Hall–Kier alpha value is -4.59. The molecule has 40 heavy (non-hydrogen) atoms. The molecular formula is C26H25N3O10S. The van der Waals surface area contributed by atoms with Gasteiger partial charge in [-0.2, -0.15) is 0 Å². The first-order valence-corrected chi connectivity index (χ1v) is 12.9. The van der Waals surface area contributed by atoms with E-state index in [4.69, 9.17) is 18.9 Å². The monoisotopic (exact) mass is 571 g/mol. The average Bonchev–Trinajstić information content (AvgIpc) is 2.96. The quantitative estimate of drug-likeness (QED) is 0.181. The molecule has 0 aromatic heterocycles. The fourth-order valence-electron chi connectivity index (χ4n) is 3.98. The Morgan fingerprint density at radius 2 is 1.70 bits per heavy atom. The molecule has 3 atom stereocenters. The Morgan fingerprint density at radius 1 is 1.02 bits per heavy atom. The van der Waals surface area contributed by atoms with E-state index in [9.17, 15) is 29.3 Å². The van der Waals surface area contributed by atoms with Crippen LogP contribution in [0.4, 0.5) is 5.69 Å². The van der Waals surface area contributed by atoms with Gasteiger partial charge >= 0.3 is 11.9 Å². The molecule has 13 nitrogen and oxygen atoms in total. The van der Waals surface area contributed by atoms with Crippen molar-refractivity contribution in [3.05, 3.63) is 75.2 Å². The van der Waals surface area contributed by atoms with Crippen LogP contribution >= 0.6 is 11.8 Å². The summed E-state index contributed by atoms with van der Waals surface area (Å²) >= 11 is 1.20. The van der Waals surface area contributed by atoms with Crippen LogP contribution < -0.4 is 14.8 Å². The molecule has 2 amide bonds. The molecule has 2 unspecified atom stereocenters. The summed E-state index contributed by atoms with van der Waals surface area (Å²) in [6.07, 6.45) is 0. The number of nitro benzene ring substituents is 1. The van der Waals surface area contributed by atoms with E-state index in [2.05, 4.69) is 5.32 Å². The van der Waals surface area contributed by atoms with Crippen molar-refractivity contribution in [1.82, 2.24) is 10.2 Å². The maximum atomic E-state index is 13.2. The van der Waals surface area contributed by atoms with Gasteiger partial charge in [0.05, 0.1) is 12.0 Å². The molecule has 0 saturated carbocycles. The van der Waals surface area contributed by atoms with Gasteiger partial charge in [0.15, 0.2) is 12.6 Å². The van der Waals surface area contributed by atoms with E-state index < -0.39 is 52.7 Å². The van der Waals surface area contributed by atoms with Gasteiger partial charge in [0.2, 0.25) is 5.91 Å². The van der Waals surface area contributed by atoms with E-state index in [0.717, 1.165) is 0 Å². The molecule has 2 aromatic rings. The summed E-state index contributed by atoms with van der Waals surface area (Å²) in [6, 6.07) is 10.1. The summed E-state index contributed by atoms with van der Waals surface area (Å²) in [4.78, 5) is 61.6. The number of hydrogen-bond donors (Lipinski definition) is 1. The van der Waals surface area contributed by atoms with Crippen molar-refractivity contribution in [3.8, 4) is 11.5 Å². The minimum absolute atomic E-state index is 0.0554. The molecule has 1 fully saturated rings. The van der Waals surface area contributed by atoms with Gasteiger partial charge in [0.25, 0.3) is 11.6 Å². The third-order valence-corrected chi connectivity index (χ3v) is 7.22. The molecule has 0 spiro atoms. The maximum Gasteiger partial charge on any atom is 0.333 e. The average molecular weight is 572 g/mol. The van der Waals surface area contributed by atoms with Crippen LogP contribution in [0.15, 0.2) is 59.5 Å². The number of benzene rings is 2. The number of hydrogen-bond acceptors (Lipinski definition) is 11. The molecule has 2 aliphatic heterocycles. The highest BCUT2D eigenvalue weighted by atomic mass is 32.2. The van der Waals surface area contributed by atoms with Crippen LogP contribution in [0, 0.1) is 10.1 Å². The van der Waals surface area contributed by atoms with Gasteiger partial charge in [-0.3, -0.25) is 24.5 Å². The van der Waals surface area contributed by atoms with Crippen LogP contribution in [-0.4, -0.2) is 71.4 Å². The molecule has 0 bridgehead atoms.